The number of rotatable bonds is 3. The average Bonchev–Trinajstić information content (AvgIpc) is 2.42. The summed E-state index contributed by atoms with van der Waals surface area (Å²) in [4.78, 5) is 14.8. The van der Waals surface area contributed by atoms with Crippen molar-refractivity contribution in [3.8, 4) is 0 Å². The molecule has 2 rings (SSSR count). The fourth-order valence-corrected chi connectivity index (χ4v) is 3.42. The van der Waals surface area contributed by atoms with E-state index in [1.54, 1.807) is 0 Å². The van der Waals surface area contributed by atoms with Crippen LogP contribution in [-0.4, -0.2) is 47.1 Å². The minimum Gasteiger partial charge on any atom is -0.409 e. The van der Waals surface area contributed by atoms with Gasteiger partial charge in [0.25, 0.3) is 0 Å². The van der Waals surface area contributed by atoms with Gasteiger partial charge in [0, 0.05) is 6.54 Å². The summed E-state index contributed by atoms with van der Waals surface area (Å²) in [5.41, 5.74) is 5.02. The molecule has 20 heavy (non-hydrogen) atoms. The van der Waals surface area contributed by atoms with Crippen molar-refractivity contribution in [2.45, 2.75) is 52.2 Å². The lowest BCUT2D eigenvalue weighted by molar-refractivity contribution is -0.157. The van der Waals surface area contributed by atoms with E-state index in [1.165, 1.54) is 0 Å². The number of oxime groups is 1. The third-order valence-corrected chi connectivity index (χ3v) is 4.60. The van der Waals surface area contributed by atoms with E-state index in [2.05, 4.69) is 12.1 Å². The van der Waals surface area contributed by atoms with Gasteiger partial charge in [-0.2, -0.15) is 0 Å². The van der Waals surface area contributed by atoms with E-state index >= 15 is 0 Å². The molecule has 0 aromatic rings. The van der Waals surface area contributed by atoms with Crippen LogP contribution in [0.25, 0.3) is 0 Å². The van der Waals surface area contributed by atoms with Crippen LogP contribution in [-0.2, 0) is 9.53 Å². The molecule has 1 aliphatic heterocycles. The lowest BCUT2D eigenvalue weighted by Gasteiger charge is -2.49. The van der Waals surface area contributed by atoms with Gasteiger partial charge >= 0.3 is 0 Å². The molecule has 6 heteroatoms. The second kappa shape index (κ2) is 5.60. The summed E-state index contributed by atoms with van der Waals surface area (Å²) in [6.07, 6.45) is 2.19. The van der Waals surface area contributed by atoms with Gasteiger partial charge in [-0.05, 0) is 32.1 Å². The highest BCUT2D eigenvalue weighted by Gasteiger charge is 2.54. The first kappa shape index (κ1) is 15.1. The first-order chi connectivity index (χ1) is 9.44. The largest absolute Gasteiger partial charge is 0.409 e. The molecule has 1 saturated carbocycles. The first-order valence-electron chi connectivity index (χ1n) is 7.35. The minimum atomic E-state index is -0.807. The number of nitrogens with zero attached hydrogens (tertiary/aromatic N) is 2. The summed E-state index contributed by atoms with van der Waals surface area (Å²) >= 11 is 0. The second-order valence-electron chi connectivity index (χ2n) is 6.24. The van der Waals surface area contributed by atoms with E-state index in [0.717, 1.165) is 6.42 Å². The number of hydrogen-bond donors (Lipinski definition) is 2. The first-order valence-corrected chi connectivity index (χ1v) is 7.35. The standard InChI is InChI=1S/C14H25N3O3/c1-4-11-8-20-10(3)7-17(11)13(18)14(12(15)16-19)5-9(2)6-14/h9-11,19H,4-8H2,1-3H3,(H2,15,16). The van der Waals surface area contributed by atoms with Gasteiger partial charge in [0.2, 0.25) is 5.91 Å². The lowest BCUT2D eigenvalue weighted by atomic mass is 9.61. The van der Waals surface area contributed by atoms with Crippen molar-refractivity contribution in [3.63, 3.8) is 0 Å². The smallest absolute Gasteiger partial charge is 0.236 e. The lowest BCUT2D eigenvalue weighted by Crippen LogP contribution is -2.62. The van der Waals surface area contributed by atoms with E-state index in [-0.39, 0.29) is 23.9 Å². The van der Waals surface area contributed by atoms with Crippen molar-refractivity contribution in [2.24, 2.45) is 22.2 Å². The summed E-state index contributed by atoms with van der Waals surface area (Å²) in [5.74, 6) is 0.472. The van der Waals surface area contributed by atoms with Crippen LogP contribution >= 0.6 is 0 Å². The number of morpholine rings is 1. The molecule has 1 saturated heterocycles. The Bertz CT molecular complexity index is 404. The van der Waals surface area contributed by atoms with Crippen molar-refractivity contribution in [1.82, 2.24) is 4.90 Å². The van der Waals surface area contributed by atoms with Gasteiger partial charge in [-0.1, -0.05) is 19.0 Å². The normalized spacial score (nSPS) is 38.5. The van der Waals surface area contributed by atoms with Crippen LogP contribution in [0.1, 0.15) is 40.0 Å². The summed E-state index contributed by atoms with van der Waals surface area (Å²) < 4.78 is 5.63. The Morgan fingerprint density at radius 3 is 2.65 bits per heavy atom. The third kappa shape index (κ3) is 2.37. The Hall–Kier alpha value is -1.30. The maximum atomic E-state index is 13.0. The summed E-state index contributed by atoms with van der Waals surface area (Å²) in [5, 5.41) is 12.1. The monoisotopic (exact) mass is 283 g/mol. The molecule has 0 bridgehead atoms. The van der Waals surface area contributed by atoms with E-state index in [1.807, 2.05) is 18.7 Å². The molecule has 2 fully saturated rings. The van der Waals surface area contributed by atoms with Crippen LogP contribution in [0, 0.1) is 11.3 Å². The molecule has 0 aromatic carbocycles. The number of carbonyl (C=O) groups is 1. The van der Waals surface area contributed by atoms with Gasteiger partial charge < -0.3 is 20.6 Å². The number of carbonyl (C=O) groups excluding carboxylic acids is 1. The molecule has 1 aliphatic carbocycles. The molecule has 3 N–H and O–H groups in total. The van der Waals surface area contributed by atoms with Gasteiger partial charge in [-0.25, -0.2) is 0 Å². The zero-order valence-corrected chi connectivity index (χ0v) is 12.5. The predicted molar refractivity (Wildman–Crippen MR) is 75.4 cm³/mol. The minimum absolute atomic E-state index is 0.00657. The van der Waals surface area contributed by atoms with Crippen LogP contribution in [0.15, 0.2) is 5.16 Å². The van der Waals surface area contributed by atoms with Gasteiger partial charge in [0.05, 0.1) is 18.8 Å². The molecule has 0 spiro atoms. The number of hydrogen-bond acceptors (Lipinski definition) is 4. The highest BCUT2D eigenvalue weighted by molar-refractivity contribution is 6.07. The molecule has 0 aromatic heterocycles. The molecule has 0 radical (unpaired) electrons. The number of ether oxygens (including phenoxy) is 1. The molecule has 1 amide bonds. The Kier molecular flexibility index (Phi) is 4.22. The molecular weight excluding hydrogens is 258 g/mol. The number of amides is 1. The van der Waals surface area contributed by atoms with E-state index in [4.69, 9.17) is 15.7 Å². The highest BCUT2D eigenvalue weighted by atomic mass is 16.5. The van der Waals surface area contributed by atoms with Crippen molar-refractivity contribution in [1.29, 1.82) is 0 Å². The predicted octanol–water partition coefficient (Wildman–Crippen LogP) is 1.17. The topological polar surface area (TPSA) is 88.2 Å². The number of amidine groups is 1. The van der Waals surface area contributed by atoms with Crippen molar-refractivity contribution in [2.75, 3.05) is 13.2 Å². The quantitative estimate of drug-likeness (QED) is 0.352. The molecule has 2 atom stereocenters. The second-order valence-corrected chi connectivity index (χ2v) is 6.24. The third-order valence-electron chi connectivity index (χ3n) is 4.60. The molecule has 2 unspecified atom stereocenters. The van der Waals surface area contributed by atoms with Crippen LogP contribution in [0.4, 0.5) is 0 Å². The zero-order valence-electron chi connectivity index (χ0n) is 12.5. The number of nitrogens with two attached hydrogens (primary N) is 1. The van der Waals surface area contributed by atoms with Gasteiger partial charge in [-0.3, -0.25) is 4.79 Å². The summed E-state index contributed by atoms with van der Waals surface area (Å²) in [6.45, 7) is 7.22. The van der Waals surface area contributed by atoms with E-state index in [0.29, 0.717) is 31.9 Å². The summed E-state index contributed by atoms with van der Waals surface area (Å²) in [6, 6.07) is 0.0815. The highest BCUT2D eigenvalue weighted by Crippen LogP contribution is 2.47. The Labute approximate surface area is 119 Å². The SMILES string of the molecule is CCC1COC(C)CN1C(=O)C1(C(N)=NO)CC(C)C1. The molecule has 6 nitrogen and oxygen atoms in total. The van der Waals surface area contributed by atoms with Crippen molar-refractivity contribution in [3.05, 3.63) is 0 Å². The maximum absolute atomic E-state index is 13.0. The fraction of sp³-hybridized carbons (Fsp3) is 0.857. The van der Waals surface area contributed by atoms with Crippen molar-refractivity contribution >= 4 is 11.7 Å². The maximum Gasteiger partial charge on any atom is 0.236 e. The Morgan fingerprint density at radius 2 is 2.15 bits per heavy atom. The van der Waals surface area contributed by atoms with Gasteiger partial charge in [0.1, 0.15) is 5.41 Å². The Morgan fingerprint density at radius 1 is 1.50 bits per heavy atom. The van der Waals surface area contributed by atoms with E-state index < -0.39 is 5.41 Å². The van der Waals surface area contributed by atoms with Gasteiger partial charge in [-0.15, -0.1) is 0 Å². The molecule has 2 aliphatic rings. The molecule has 1 heterocycles. The Balaban J connectivity index is 2.23. The fourth-order valence-electron chi connectivity index (χ4n) is 3.42. The van der Waals surface area contributed by atoms with Crippen LogP contribution < -0.4 is 5.73 Å². The molecule has 114 valence electrons. The zero-order chi connectivity index (χ0) is 14.9. The van der Waals surface area contributed by atoms with Crippen LogP contribution in [0.2, 0.25) is 0 Å². The molecular formula is C14H25N3O3. The van der Waals surface area contributed by atoms with Gasteiger partial charge in [0.15, 0.2) is 5.84 Å². The van der Waals surface area contributed by atoms with Crippen molar-refractivity contribution < 1.29 is 14.7 Å². The van der Waals surface area contributed by atoms with Crippen LogP contribution in [0.5, 0.6) is 0 Å². The van der Waals surface area contributed by atoms with Crippen LogP contribution in [0.3, 0.4) is 0 Å². The average molecular weight is 283 g/mol. The van der Waals surface area contributed by atoms with E-state index in [9.17, 15) is 4.79 Å². The summed E-state index contributed by atoms with van der Waals surface area (Å²) in [7, 11) is 0.